The van der Waals surface area contributed by atoms with Crippen molar-refractivity contribution in [3.8, 4) is 0 Å². The van der Waals surface area contributed by atoms with Gasteiger partial charge in [0.1, 0.15) is 44.6 Å². The largest absolute Gasteiger partial charge is 0.481 e. The van der Waals surface area contributed by atoms with Crippen LogP contribution in [0.5, 0.6) is 0 Å². The Kier molecular flexibility index (Phi) is 15.7. The normalized spacial score (nSPS) is 19.3. The molecule has 2 spiro atoms. The lowest BCUT2D eigenvalue weighted by molar-refractivity contribution is -0.143. The van der Waals surface area contributed by atoms with Gasteiger partial charge in [-0.2, -0.15) is 0 Å². The highest BCUT2D eigenvalue weighted by molar-refractivity contribution is 7.93. The third kappa shape index (κ3) is 10.7. The number of ketones is 2. The van der Waals surface area contributed by atoms with E-state index < -0.39 is 69.9 Å². The molecule has 1 amide bonds. The number of halogens is 4. The first-order valence-corrected chi connectivity index (χ1v) is 26.5. The van der Waals surface area contributed by atoms with Gasteiger partial charge in [-0.1, -0.05) is 20.3 Å². The average molecular weight is 1040 g/mol. The summed E-state index contributed by atoms with van der Waals surface area (Å²) in [5, 5.41) is 11.6. The van der Waals surface area contributed by atoms with E-state index in [0.717, 1.165) is 100 Å². The molecule has 4 aromatic rings. The van der Waals surface area contributed by atoms with Gasteiger partial charge >= 0.3 is 5.97 Å². The zero-order valence-corrected chi connectivity index (χ0v) is 40.9. The second-order valence-electron chi connectivity index (χ2n) is 19.6. The van der Waals surface area contributed by atoms with Crippen molar-refractivity contribution in [3.05, 3.63) is 106 Å². The van der Waals surface area contributed by atoms with Crippen molar-refractivity contribution in [1.29, 1.82) is 0 Å². The molecular weight excluding hydrogens is 981 g/mol. The van der Waals surface area contributed by atoms with E-state index in [9.17, 15) is 53.6 Å². The highest BCUT2D eigenvalue weighted by atomic mass is 32.2. The summed E-state index contributed by atoms with van der Waals surface area (Å²) in [5.41, 5.74) is 8.74. The Morgan fingerprint density at radius 3 is 1.47 bits per heavy atom. The Morgan fingerprint density at radius 2 is 1.06 bits per heavy atom. The smallest absolute Gasteiger partial charge is 0.306 e. The molecule has 388 valence electrons. The number of hydrogen-bond acceptors (Lipinski definition) is 11. The third-order valence-corrected chi connectivity index (χ3v) is 17.8. The van der Waals surface area contributed by atoms with Crippen molar-refractivity contribution in [2.45, 2.75) is 105 Å². The van der Waals surface area contributed by atoms with Crippen molar-refractivity contribution < 1.29 is 58.7 Å². The van der Waals surface area contributed by atoms with Crippen molar-refractivity contribution in [3.63, 3.8) is 0 Å². The van der Waals surface area contributed by atoms with E-state index in [0.29, 0.717) is 60.3 Å². The predicted octanol–water partition coefficient (Wildman–Crippen LogP) is 7.54. The summed E-state index contributed by atoms with van der Waals surface area (Å²) in [6.45, 7) is 3.47. The van der Waals surface area contributed by atoms with Gasteiger partial charge < -0.3 is 26.0 Å². The summed E-state index contributed by atoms with van der Waals surface area (Å²) in [4.78, 5) is 51.8. The highest BCUT2D eigenvalue weighted by Gasteiger charge is 2.52. The number of rotatable bonds is 9. The van der Waals surface area contributed by atoms with Crippen molar-refractivity contribution in [2.24, 2.45) is 11.8 Å². The maximum Gasteiger partial charge on any atom is 0.306 e. The number of piperidine rings is 2. The van der Waals surface area contributed by atoms with Gasteiger partial charge in [-0.05, 0) is 162 Å². The number of nitrogens with one attached hydrogen (secondary N) is 3. The molecule has 21 heteroatoms. The molecule has 0 atom stereocenters. The number of carboxylic acid groups (broad SMARTS) is 1. The van der Waals surface area contributed by atoms with Crippen LogP contribution in [0.2, 0.25) is 0 Å². The van der Waals surface area contributed by atoms with E-state index in [1.165, 1.54) is 12.1 Å². The molecule has 2 heterocycles. The van der Waals surface area contributed by atoms with Gasteiger partial charge in [-0.25, -0.2) is 34.4 Å². The van der Waals surface area contributed by atoms with Gasteiger partial charge in [-0.3, -0.25) is 28.6 Å². The first-order chi connectivity index (χ1) is 33.5. The number of aliphatic carboxylic acids is 1. The molecule has 6 N–H and O–H groups in total. The molecule has 4 aliphatic carbocycles. The first-order valence-electron chi connectivity index (χ1n) is 23.6. The fourth-order valence-electron chi connectivity index (χ4n) is 10.5. The molecule has 0 bridgehead atoms. The van der Waals surface area contributed by atoms with Gasteiger partial charge in [0.25, 0.3) is 20.0 Å². The number of carboxylic acids is 1. The fourth-order valence-corrected chi connectivity index (χ4v) is 12.7. The van der Waals surface area contributed by atoms with Crippen LogP contribution < -0.4 is 20.5 Å². The van der Waals surface area contributed by atoms with E-state index in [-0.39, 0.29) is 61.0 Å². The molecule has 2 saturated heterocycles. The quantitative estimate of drug-likeness (QED) is 0.0810. The number of hydrogen-bond donors (Lipinski definition) is 5. The molecule has 0 radical (unpaired) electrons. The molecule has 6 aliphatic rings. The molecule has 0 unspecified atom stereocenters. The highest BCUT2D eigenvalue weighted by Crippen LogP contribution is 2.54. The lowest BCUT2D eigenvalue weighted by Gasteiger charge is -2.38. The number of nitrogens with two attached hydrogens (primary N) is 1. The third-order valence-electron chi connectivity index (χ3n) is 15.0. The minimum Gasteiger partial charge on any atom is -0.481 e. The van der Waals surface area contributed by atoms with Gasteiger partial charge in [0, 0.05) is 42.3 Å². The second kappa shape index (κ2) is 20.9. The Labute approximate surface area is 417 Å². The zero-order chi connectivity index (χ0) is 51.2. The Morgan fingerprint density at radius 1 is 0.639 bits per heavy atom. The summed E-state index contributed by atoms with van der Waals surface area (Å²) >= 11 is 0. The van der Waals surface area contributed by atoms with Crippen LogP contribution in [0.3, 0.4) is 0 Å². The van der Waals surface area contributed by atoms with E-state index >= 15 is 0 Å². The number of likely N-dealkylation sites (tertiary alicyclic amines) is 2. The molecular formula is C51H60F4N6O9S2. The molecule has 2 saturated carbocycles. The molecule has 72 heavy (non-hydrogen) atoms. The predicted molar refractivity (Wildman–Crippen MR) is 264 cm³/mol. The van der Waals surface area contributed by atoms with Crippen LogP contribution >= 0.6 is 0 Å². The summed E-state index contributed by atoms with van der Waals surface area (Å²) < 4.78 is 110. The summed E-state index contributed by atoms with van der Waals surface area (Å²) in [6.07, 6.45) is 8.08. The van der Waals surface area contributed by atoms with E-state index in [4.69, 9.17) is 10.8 Å². The number of carbonyl (C=O) groups is 4. The van der Waals surface area contributed by atoms with E-state index in [1.54, 1.807) is 12.1 Å². The lowest BCUT2D eigenvalue weighted by Crippen LogP contribution is -2.39. The monoisotopic (exact) mass is 1040 g/mol. The number of anilines is 4. The standard InChI is InChI=1S/C25H27F2N3O4S.C18H16F2N2O3S.C7H13NO2.CH4/c1-30-9-5-15(6-10-30)24(32)28-21-13-17(12-19-18(21)14-23(31)25(19)7-2-8-25)29-35(33,34)22-4-3-16(26)11-20(22)27;19-10-2-3-16(14(20)6-10)26(24,25)22-11-7-13-12(15(21)8-11)9-17(23)18(13)4-1-5-18;1-8-4-2-6(3-5-8)7(9)10;/h3-4,11-13,15,29H,2,5-10,14H2,1H3,(H,28,32);2-3,6-8,22H,1,4-5,9,21H2;6H,2-5H2,1H3,(H,9,10);1H4. The molecule has 0 aromatic heterocycles. The lowest BCUT2D eigenvalue weighted by atomic mass is 9.64. The van der Waals surface area contributed by atoms with Crippen LogP contribution in [0, 0.1) is 35.1 Å². The SMILES string of the molecule is C.CN1CCC(C(=O)Nc2cc(NS(=O)(=O)c3ccc(F)cc3F)cc3c2CC(=O)C32CCC2)CC1.CN1CCC(C(=O)O)CC1.Nc1cc(NS(=O)(=O)c2ccc(F)cc2F)cc2c1CC(=O)C21CCC1. The maximum atomic E-state index is 14.2. The zero-order valence-electron chi connectivity index (χ0n) is 39.3. The topological polar surface area (TPSA) is 225 Å². The second-order valence-corrected chi connectivity index (χ2v) is 22.9. The summed E-state index contributed by atoms with van der Waals surface area (Å²) in [5.74, 6) is -5.02. The number of nitrogen functional groups attached to an aromatic ring is 1. The number of amides is 1. The minimum absolute atomic E-state index is 0. The summed E-state index contributed by atoms with van der Waals surface area (Å²) in [7, 11) is -4.62. The van der Waals surface area contributed by atoms with Crippen molar-refractivity contribution in [1.82, 2.24) is 9.80 Å². The van der Waals surface area contributed by atoms with Gasteiger partial charge in [0.15, 0.2) is 0 Å². The Bertz CT molecular complexity index is 3020. The molecule has 15 nitrogen and oxygen atoms in total. The Hall–Kier alpha value is -5.90. The van der Waals surface area contributed by atoms with E-state index in [2.05, 4.69) is 24.6 Å². The number of fused-ring (bicyclic) bond motifs is 4. The number of carbonyl (C=O) groups excluding carboxylic acids is 3. The number of nitrogens with zero attached hydrogens (tertiary/aromatic N) is 2. The molecule has 4 fully saturated rings. The maximum absolute atomic E-state index is 14.2. The minimum atomic E-state index is -4.38. The summed E-state index contributed by atoms with van der Waals surface area (Å²) in [6, 6.07) is 10.6. The number of sulfonamides is 2. The molecule has 2 aliphatic heterocycles. The number of benzene rings is 4. The Balaban J connectivity index is 0.000000180. The first kappa shape index (κ1) is 53.9. The molecule has 4 aromatic carbocycles. The van der Waals surface area contributed by atoms with Crippen LogP contribution in [-0.2, 0) is 62.9 Å². The van der Waals surface area contributed by atoms with Crippen molar-refractivity contribution in [2.75, 3.05) is 60.8 Å². The average Bonchev–Trinajstić information content (AvgIpc) is 3.74. The van der Waals surface area contributed by atoms with Crippen LogP contribution in [0.15, 0.2) is 70.5 Å². The van der Waals surface area contributed by atoms with Gasteiger partial charge in [0.05, 0.1) is 28.1 Å². The van der Waals surface area contributed by atoms with Crippen LogP contribution in [0.4, 0.5) is 40.3 Å². The van der Waals surface area contributed by atoms with Crippen LogP contribution in [0.1, 0.15) is 93.9 Å². The fraction of sp³-hybridized carbons (Fsp3) is 0.451. The van der Waals surface area contributed by atoms with Gasteiger partial charge in [0.2, 0.25) is 5.91 Å². The van der Waals surface area contributed by atoms with E-state index in [1.807, 2.05) is 14.1 Å². The molecule has 10 rings (SSSR count). The van der Waals surface area contributed by atoms with Crippen LogP contribution in [0.25, 0.3) is 0 Å². The number of Topliss-reactive ketones (excluding diaryl/α,β-unsaturated/α-hetero) is 2. The van der Waals surface area contributed by atoms with Crippen molar-refractivity contribution >= 4 is 66.2 Å². The van der Waals surface area contributed by atoms with Crippen LogP contribution in [-0.4, -0.2) is 95.5 Å². The van der Waals surface area contributed by atoms with Gasteiger partial charge in [-0.15, -0.1) is 0 Å².